The number of nitrogen functional groups attached to an aromatic ring is 1. The molecule has 0 unspecified atom stereocenters. The summed E-state index contributed by atoms with van der Waals surface area (Å²) in [4.78, 5) is 12.5. The van der Waals surface area contributed by atoms with E-state index in [4.69, 9.17) is 15.2 Å². The van der Waals surface area contributed by atoms with Gasteiger partial charge in [-0.05, 0) is 61.7 Å². The first-order chi connectivity index (χ1) is 12.8. The molecule has 2 rings (SSSR count). The Hall–Kier alpha value is -2.75. The zero-order valence-electron chi connectivity index (χ0n) is 16.8. The van der Waals surface area contributed by atoms with Crippen LogP contribution < -0.4 is 15.2 Å². The third-order valence-corrected chi connectivity index (χ3v) is 4.13. The second kappa shape index (κ2) is 8.76. The molecule has 0 heterocycles. The van der Waals surface area contributed by atoms with E-state index in [-0.39, 0.29) is 11.2 Å². The maximum absolute atomic E-state index is 12.5. The predicted molar refractivity (Wildman–Crippen MR) is 112 cm³/mol. The number of hydrogen-bond donors (Lipinski definition) is 1. The molecule has 0 aliphatic rings. The molecule has 0 bridgehead atoms. The summed E-state index contributed by atoms with van der Waals surface area (Å²) in [6.45, 7) is 11.4. The maximum atomic E-state index is 12.5. The number of ether oxygens (including phenoxy) is 2. The van der Waals surface area contributed by atoms with E-state index in [0.29, 0.717) is 30.2 Å². The lowest BCUT2D eigenvalue weighted by Crippen LogP contribution is -2.14. The highest BCUT2D eigenvalue weighted by atomic mass is 16.5. The summed E-state index contributed by atoms with van der Waals surface area (Å²) in [7, 11) is 0. The van der Waals surface area contributed by atoms with Gasteiger partial charge in [-0.2, -0.15) is 0 Å². The molecule has 2 aromatic carbocycles. The van der Waals surface area contributed by atoms with Crippen molar-refractivity contribution in [3.8, 4) is 11.5 Å². The highest BCUT2D eigenvalue weighted by Crippen LogP contribution is 2.37. The number of anilines is 1. The van der Waals surface area contributed by atoms with Crippen molar-refractivity contribution in [2.75, 3.05) is 18.9 Å². The van der Waals surface area contributed by atoms with Gasteiger partial charge < -0.3 is 15.2 Å². The van der Waals surface area contributed by atoms with Gasteiger partial charge in [0.15, 0.2) is 5.78 Å². The minimum Gasteiger partial charge on any atom is -0.493 e. The van der Waals surface area contributed by atoms with Crippen LogP contribution in [0, 0.1) is 0 Å². The van der Waals surface area contributed by atoms with Gasteiger partial charge in [0.2, 0.25) is 0 Å². The molecule has 0 fully saturated rings. The molecule has 4 heteroatoms. The van der Waals surface area contributed by atoms with Crippen molar-refractivity contribution in [1.82, 2.24) is 0 Å². The minimum atomic E-state index is -0.0984. The lowest BCUT2D eigenvalue weighted by atomic mass is 9.85. The van der Waals surface area contributed by atoms with Crippen molar-refractivity contribution in [3.63, 3.8) is 0 Å². The number of allylic oxidation sites excluding steroid dienone is 1. The zero-order valence-corrected chi connectivity index (χ0v) is 16.8. The lowest BCUT2D eigenvalue weighted by Gasteiger charge is -2.24. The fourth-order valence-electron chi connectivity index (χ4n) is 2.76. The summed E-state index contributed by atoms with van der Waals surface area (Å²) in [5.74, 6) is 1.44. The molecule has 2 N–H and O–H groups in total. The summed E-state index contributed by atoms with van der Waals surface area (Å²) >= 11 is 0. The third-order valence-electron chi connectivity index (χ3n) is 4.13. The number of ketones is 1. The number of carbonyl (C=O) groups is 1. The Balaban J connectivity index is 2.43. The molecule has 0 spiro atoms. The predicted octanol–water partition coefficient (Wildman–Crippen LogP) is 5.26. The lowest BCUT2D eigenvalue weighted by molar-refractivity contribution is 0.104. The van der Waals surface area contributed by atoms with Crippen molar-refractivity contribution in [2.45, 2.75) is 40.0 Å². The van der Waals surface area contributed by atoms with Gasteiger partial charge in [0, 0.05) is 28.4 Å². The average molecular weight is 367 g/mol. The van der Waals surface area contributed by atoms with Crippen LogP contribution >= 0.6 is 0 Å². The van der Waals surface area contributed by atoms with E-state index < -0.39 is 0 Å². The van der Waals surface area contributed by atoms with Gasteiger partial charge in [-0.15, -0.1) is 0 Å². The van der Waals surface area contributed by atoms with E-state index >= 15 is 0 Å². The first-order valence-electron chi connectivity index (χ1n) is 9.28. The van der Waals surface area contributed by atoms with Crippen LogP contribution in [0.1, 0.15) is 56.1 Å². The van der Waals surface area contributed by atoms with Crippen molar-refractivity contribution in [2.24, 2.45) is 0 Å². The Kier molecular flexibility index (Phi) is 6.67. The molecule has 2 aromatic rings. The van der Waals surface area contributed by atoms with Gasteiger partial charge in [0.1, 0.15) is 11.5 Å². The molecule has 0 saturated heterocycles. The first-order valence-corrected chi connectivity index (χ1v) is 9.28. The quantitative estimate of drug-likeness (QED) is 0.412. The Morgan fingerprint density at radius 3 is 2.15 bits per heavy atom. The van der Waals surface area contributed by atoms with E-state index in [1.165, 1.54) is 0 Å². The Morgan fingerprint density at radius 2 is 1.59 bits per heavy atom. The minimum absolute atomic E-state index is 0.0800. The molecule has 0 amide bonds. The molecular weight excluding hydrogens is 338 g/mol. The zero-order chi connectivity index (χ0) is 20.0. The molecule has 27 heavy (non-hydrogen) atoms. The molecular formula is C23H29NO3. The molecule has 0 radical (unpaired) electrons. The number of nitrogens with two attached hydrogens (primary N) is 1. The SMILES string of the molecule is CCOc1cc(OCC)c(C(C)(C)C)cc1C=CC(=O)c1ccc(N)cc1. The summed E-state index contributed by atoms with van der Waals surface area (Å²) in [6, 6.07) is 10.9. The molecule has 0 aliphatic heterocycles. The number of carbonyl (C=O) groups excluding carboxylic acids is 1. The number of rotatable bonds is 7. The van der Waals surface area contributed by atoms with Crippen molar-refractivity contribution in [3.05, 3.63) is 59.2 Å². The number of hydrogen-bond acceptors (Lipinski definition) is 4. The molecule has 144 valence electrons. The Morgan fingerprint density at radius 1 is 1.00 bits per heavy atom. The molecule has 0 atom stereocenters. The average Bonchev–Trinajstić information content (AvgIpc) is 2.61. The summed E-state index contributed by atoms with van der Waals surface area (Å²) in [6.07, 6.45) is 3.37. The maximum Gasteiger partial charge on any atom is 0.185 e. The summed E-state index contributed by atoms with van der Waals surface area (Å²) < 4.78 is 11.6. The van der Waals surface area contributed by atoms with Gasteiger partial charge in [0.05, 0.1) is 13.2 Å². The van der Waals surface area contributed by atoms with E-state index in [1.807, 2.05) is 26.0 Å². The van der Waals surface area contributed by atoms with Gasteiger partial charge in [-0.25, -0.2) is 0 Å². The van der Waals surface area contributed by atoms with Gasteiger partial charge in [-0.1, -0.05) is 20.8 Å². The fraction of sp³-hybridized carbons (Fsp3) is 0.348. The Labute approximate surface area is 162 Å². The normalized spacial score (nSPS) is 11.6. The van der Waals surface area contributed by atoms with Crippen LogP contribution in [0.15, 0.2) is 42.5 Å². The molecule has 0 aliphatic carbocycles. The smallest absolute Gasteiger partial charge is 0.185 e. The fourth-order valence-corrected chi connectivity index (χ4v) is 2.76. The summed E-state index contributed by atoms with van der Waals surface area (Å²) in [5.41, 5.74) is 8.75. The van der Waals surface area contributed by atoms with Crippen LogP contribution in [-0.2, 0) is 5.41 Å². The summed E-state index contributed by atoms with van der Waals surface area (Å²) in [5, 5.41) is 0. The van der Waals surface area contributed by atoms with Crippen LogP contribution in [0.3, 0.4) is 0 Å². The van der Waals surface area contributed by atoms with E-state index in [0.717, 1.165) is 16.9 Å². The standard InChI is InChI=1S/C23H29NO3/c1-6-26-21-15-22(27-7-2)19(23(3,4)5)14-17(21)10-13-20(25)16-8-11-18(24)12-9-16/h8-15H,6-7,24H2,1-5H3. The topological polar surface area (TPSA) is 61.5 Å². The van der Waals surface area contributed by atoms with E-state index in [1.54, 1.807) is 36.4 Å². The number of benzene rings is 2. The van der Waals surface area contributed by atoms with Gasteiger partial charge in [-0.3, -0.25) is 4.79 Å². The van der Waals surface area contributed by atoms with Gasteiger partial charge >= 0.3 is 0 Å². The van der Waals surface area contributed by atoms with Crippen molar-refractivity contribution < 1.29 is 14.3 Å². The molecule has 0 aromatic heterocycles. The van der Waals surface area contributed by atoms with Crippen molar-refractivity contribution >= 4 is 17.5 Å². The third kappa shape index (κ3) is 5.36. The van der Waals surface area contributed by atoms with Crippen molar-refractivity contribution in [1.29, 1.82) is 0 Å². The monoisotopic (exact) mass is 367 g/mol. The Bertz CT molecular complexity index is 815. The first kappa shape index (κ1) is 20.6. The van der Waals surface area contributed by atoms with E-state index in [9.17, 15) is 4.79 Å². The van der Waals surface area contributed by atoms with Gasteiger partial charge in [0.25, 0.3) is 0 Å². The second-order valence-corrected chi connectivity index (χ2v) is 7.32. The van der Waals surface area contributed by atoms with Crippen LogP contribution in [0.25, 0.3) is 6.08 Å². The van der Waals surface area contributed by atoms with Crippen LogP contribution in [0.2, 0.25) is 0 Å². The van der Waals surface area contributed by atoms with Crippen LogP contribution in [0.4, 0.5) is 5.69 Å². The van der Waals surface area contributed by atoms with Crippen LogP contribution in [0.5, 0.6) is 11.5 Å². The molecule has 4 nitrogen and oxygen atoms in total. The highest BCUT2D eigenvalue weighted by Gasteiger charge is 2.21. The largest absolute Gasteiger partial charge is 0.493 e. The van der Waals surface area contributed by atoms with Crippen LogP contribution in [-0.4, -0.2) is 19.0 Å². The second-order valence-electron chi connectivity index (χ2n) is 7.32. The highest BCUT2D eigenvalue weighted by molar-refractivity contribution is 6.07. The molecule has 0 saturated carbocycles. The van der Waals surface area contributed by atoms with E-state index in [2.05, 4.69) is 20.8 Å².